The van der Waals surface area contributed by atoms with Gasteiger partial charge in [-0.05, 0) is 55.5 Å². The highest BCUT2D eigenvalue weighted by Gasteiger charge is 2.40. The van der Waals surface area contributed by atoms with Crippen molar-refractivity contribution in [1.29, 1.82) is 0 Å². The molecule has 3 heterocycles. The Labute approximate surface area is 277 Å². The molecule has 2 aliphatic heterocycles. The van der Waals surface area contributed by atoms with Gasteiger partial charge >= 0.3 is 5.97 Å². The summed E-state index contributed by atoms with van der Waals surface area (Å²) in [5, 5.41) is 30.8. The monoisotopic (exact) mass is 659 g/mol. The molecule has 0 aliphatic carbocycles. The maximum atomic E-state index is 14.1. The van der Waals surface area contributed by atoms with Gasteiger partial charge in [0, 0.05) is 37.7 Å². The number of aromatic hydroxyl groups is 1. The van der Waals surface area contributed by atoms with E-state index < -0.39 is 53.9 Å². The summed E-state index contributed by atoms with van der Waals surface area (Å²) < 4.78 is 0. The first-order chi connectivity index (χ1) is 23.2. The molecule has 4 amide bonds. The largest absolute Gasteiger partial charge is 0.508 e. The topological polar surface area (TPSA) is 206 Å². The third kappa shape index (κ3) is 8.97. The Morgan fingerprint density at radius 2 is 1.54 bits per heavy atom. The van der Waals surface area contributed by atoms with Crippen molar-refractivity contribution in [3.8, 4) is 5.75 Å². The number of benzene rings is 2. The number of amides is 4. The Morgan fingerprint density at radius 3 is 2.21 bits per heavy atom. The van der Waals surface area contributed by atoms with Gasteiger partial charge in [-0.25, -0.2) is 9.78 Å². The van der Waals surface area contributed by atoms with E-state index in [2.05, 4.69) is 31.2 Å². The molecule has 3 aromatic rings. The van der Waals surface area contributed by atoms with Gasteiger partial charge in [0.05, 0.1) is 12.4 Å². The predicted molar refractivity (Wildman–Crippen MR) is 173 cm³/mol. The van der Waals surface area contributed by atoms with Gasteiger partial charge in [0.25, 0.3) is 0 Å². The summed E-state index contributed by atoms with van der Waals surface area (Å²) in [4.78, 5) is 75.0. The van der Waals surface area contributed by atoms with E-state index in [0.717, 1.165) is 12.0 Å². The Morgan fingerprint density at radius 1 is 0.833 bits per heavy atom. The van der Waals surface area contributed by atoms with Gasteiger partial charge in [-0.1, -0.05) is 42.5 Å². The SMILES string of the molecule is O=C(O)[C@H](Cc1ccc(O)cc1)NC(=O)[C@@H]1CCCN1C(=O)[C@H](Cc1cnc[nH]1)NC(=O)[C@H](Cc1ccccc1)NC(=O)[C@@H]1CCCN1. The van der Waals surface area contributed by atoms with E-state index in [1.54, 1.807) is 12.1 Å². The number of carboxylic acid groups (broad SMARTS) is 1. The number of rotatable bonds is 14. The van der Waals surface area contributed by atoms with Crippen LogP contribution in [0.15, 0.2) is 67.1 Å². The van der Waals surface area contributed by atoms with Crippen LogP contribution in [0.1, 0.15) is 42.5 Å². The van der Waals surface area contributed by atoms with E-state index in [4.69, 9.17) is 0 Å². The van der Waals surface area contributed by atoms with Gasteiger partial charge in [-0.15, -0.1) is 0 Å². The molecular formula is C34H41N7O7. The second-order valence-electron chi connectivity index (χ2n) is 12.2. The minimum atomic E-state index is -1.27. The average molecular weight is 660 g/mol. The number of nitrogens with zero attached hydrogens (tertiary/aromatic N) is 2. The molecule has 0 spiro atoms. The lowest BCUT2D eigenvalue weighted by molar-refractivity contribution is -0.145. The number of hydrogen-bond donors (Lipinski definition) is 7. The first-order valence-electron chi connectivity index (χ1n) is 16.1. The lowest BCUT2D eigenvalue weighted by Crippen LogP contribution is -2.59. The van der Waals surface area contributed by atoms with Crippen molar-refractivity contribution in [2.24, 2.45) is 0 Å². The summed E-state index contributed by atoms with van der Waals surface area (Å²) in [5.74, 6) is -3.18. The van der Waals surface area contributed by atoms with E-state index in [-0.39, 0.29) is 37.5 Å². The molecule has 0 saturated carbocycles. The number of aromatic nitrogens is 2. The molecule has 14 nitrogen and oxygen atoms in total. The molecule has 2 saturated heterocycles. The van der Waals surface area contributed by atoms with Crippen LogP contribution in [-0.2, 0) is 43.2 Å². The van der Waals surface area contributed by atoms with E-state index in [9.17, 15) is 34.2 Å². The molecule has 5 rings (SSSR count). The zero-order valence-corrected chi connectivity index (χ0v) is 26.4. The second-order valence-corrected chi connectivity index (χ2v) is 12.2. The van der Waals surface area contributed by atoms with Gasteiger partial charge in [0.2, 0.25) is 23.6 Å². The van der Waals surface area contributed by atoms with Crippen LogP contribution in [-0.4, -0.2) is 98.0 Å². The van der Waals surface area contributed by atoms with Crippen molar-refractivity contribution in [3.05, 3.63) is 83.9 Å². The Bertz CT molecular complexity index is 1560. The summed E-state index contributed by atoms with van der Waals surface area (Å²) in [7, 11) is 0. The number of imidazole rings is 1. The number of carbonyl (C=O) groups excluding carboxylic acids is 4. The number of phenols is 1. The second kappa shape index (κ2) is 16.0. The maximum absolute atomic E-state index is 14.1. The van der Waals surface area contributed by atoms with Crippen LogP contribution in [0.4, 0.5) is 0 Å². The molecule has 2 fully saturated rings. The Hall–Kier alpha value is -5.24. The average Bonchev–Trinajstić information content (AvgIpc) is 3.88. The highest BCUT2D eigenvalue weighted by Crippen LogP contribution is 2.21. The quantitative estimate of drug-likeness (QED) is 0.128. The van der Waals surface area contributed by atoms with Crippen LogP contribution in [0.2, 0.25) is 0 Å². The molecule has 0 unspecified atom stereocenters. The van der Waals surface area contributed by atoms with Crippen LogP contribution in [0.5, 0.6) is 5.75 Å². The minimum absolute atomic E-state index is 0.0224. The number of hydrogen-bond acceptors (Lipinski definition) is 8. The van der Waals surface area contributed by atoms with Crippen molar-refractivity contribution < 1.29 is 34.2 Å². The van der Waals surface area contributed by atoms with E-state index in [1.165, 1.54) is 29.6 Å². The smallest absolute Gasteiger partial charge is 0.326 e. The number of H-pyrrole nitrogens is 1. The summed E-state index contributed by atoms with van der Waals surface area (Å²) >= 11 is 0. The van der Waals surface area contributed by atoms with Gasteiger partial charge in [0.15, 0.2) is 0 Å². The van der Waals surface area contributed by atoms with Crippen LogP contribution in [0, 0.1) is 0 Å². The third-order valence-electron chi connectivity index (χ3n) is 8.72. The molecule has 2 aromatic carbocycles. The summed E-state index contributed by atoms with van der Waals surface area (Å²) in [5.41, 5.74) is 2.00. The first-order valence-corrected chi connectivity index (χ1v) is 16.1. The van der Waals surface area contributed by atoms with Crippen molar-refractivity contribution in [1.82, 2.24) is 36.1 Å². The maximum Gasteiger partial charge on any atom is 0.326 e. The highest BCUT2D eigenvalue weighted by atomic mass is 16.4. The zero-order chi connectivity index (χ0) is 34.0. The predicted octanol–water partition coefficient (Wildman–Crippen LogP) is 0.425. The lowest BCUT2D eigenvalue weighted by atomic mass is 10.0. The van der Waals surface area contributed by atoms with Crippen molar-refractivity contribution in [2.45, 2.75) is 75.2 Å². The molecule has 5 atom stereocenters. The molecule has 7 N–H and O–H groups in total. The van der Waals surface area contributed by atoms with Crippen LogP contribution in [0.3, 0.4) is 0 Å². The van der Waals surface area contributed by atoms with Gasteiger partial charge in [-0.3, -0.25) is 19.2 Å². The minimum Gasteiger partial charge on any atom is -0.508 e. The lowest BCUT2D eigenvalue weighted by Gasteiger charge is -2.30. The van der Waals surface area contributed by atoms with Gasteiger partial charge < -0.3 is 41.4 Å². The first kappa shape index (κ1) is 34.1. The molecule has 0 bridgehead atoms. The Kier molecular flexibility index (Phi) is 11.4. The highest BCUT2D eigenvalue weighted by molar-refractivity contribution is 5.96. The molecule has 2 aliphatic rings. The van der Waals surface area contributed by atoms with E-state index >= 15 is 0 Å². The number of carbonyl (C=O) groups is 5. The summed E-state index contributed by atoms with van der Waals surface area (Å²) in [6.45, 7) is 0.947. The Balaban J connectivity index is 1.32. The van der Waals surface area contributed by atoms with Gasteiger partial charge in [-0.2, -0.15) is 0 Å². The molecule has 254 valence electrons. The number of aromatic amines is 1. The third-order valence-corrected chi connectivity index (χ3v) is 8.72. The molecular weight excluding hydrogens is 618 g/mol. The number of phenolic OH excluding ortho intramolecular Hbond substituents is 1. The fourth-order valence-corrected chi connectivity index (χ4v) is 6.17. The fourth-order valence-electron chi connectivity index (χ4n) is 6.17. The normalized spacial score (nSPS) is 19.2. The molecule has 14 heteroatoms. The van der Waals surface area contributed by atoms with Crippen molar-refractivity contribution >= 4 is 29.6 Å². The van der Waals surface area contributed by atoms with Crippen molar-refractivity contribution in [2.75, 3.05) is 13.1 Å². The number of aliphatic carboxylic acids is 1. The molecule has 48 heavy (non-hydrogen) atoms. The summed E-state index contributed by atoms with van der Waals surface area (Å²) in [6.07, 6.45) is 5.54. The van der Waals surface area contributed by atoms with Gasteiger partial charge in [0.1, 0.15) is 29.9 Å². The standard InChI is InChI=1S/C34H41N7O7/c42-24-12-10-22(11-13-24)17-28(34(47)48)40-32(45)29-9-5-15-41(29)33(46)27(18-23-19-35-20-37-23)39-31(44)26(16-21-6-2-1-3-7-21)38-30(43)25-8-4-14-36-25/h1-3,6-7,10-13,19-20,25-29,36,42H,4-5,8-9,14-18H2,(H,35,37)(H,38,43)(H,39,44)(H,40,45)(H,47,48)/t25-,26-,27-,28-,29-/m0/s1. The number of nitrogens with one attached hydrogen (secondary N) is 5. The van der Waals surface area contributed by atoms with E-state index in [0.29, 0.717) is 37.1 Å². The fraction of sp³-hybridized carbons (Fsp3) is 0.412. The number of carboxylic acids is 1. The zero-order valence-electron chi connectivity index (χ0n) is 26.4. The van der Waals surface area contributed by atoms with Crippen molar-refractivity contribution in [3.63, 3.8) is 0 Å². The summed E-state index contributed by atoms with van der Waals surface area (Å²) in [6, 6.07) is 10.5. The van der Waals surface area contributed by atoms with E-state index in [1.807, 2.05) is 30.3 Å². The number of likely N-dealkylation sites (tertiary alicyclic amines) is 1. The van der Waals surface area contributed by atoms with Crippen LogP contribution >= 0.6 is 0 Å². The van der Waals surface area contributed by atoms with Crippen LogP contribution < -0.4 is 21.3 Å². The molecule has 1 aromatic heterocycles. The molecule has 0 radical (unpaired) electrons. The van der Waals surface area contributed by atoms with Crippen LogP contribution in [0.25, 0.3) is 0 Å².